The van der Waals surface area contributed by atoms with Gasteiger partial charge in [-0.25, -0.2) is 9.00 Å². The highest BCUT2D eigenvalue weighted by molar-refractivity contribution is 7.81. The fourth-order valence-electron chi connectivity index (χ4n) is 0.190. The Morgan fingerprint density at radius 3 is 2.20 bits per heavy atom. The van der Waals surface area contributed by atoms with E-state index < -0.39 is 22.3 Å². The van der Waals surface area contributed by atoms with Gasteiger partial charge in [-0.05, 0) is 0 Å². The summed E-state index contributed by atoms with van der Waals surface area (Å²) >= 11 is -3.51. The van der Waals surface area contributed by atoms with E-state index in [1.54, 1.807) is 0 Å². The van der Waals surface area contributed by atoms with Gasteiger partial charge >= 0.3 is 11.2 Å². The molecule has 7 heteroatoms. The molecule has 10 heavy (non-hydrogen) atoms. The van der Waals surface area contributed by atoms with Crippen molar-refractivity contribution in [3.05, 3.63) is 0 Å². The lowest BCUT2D eigenvalue weighted by Gasteiger charge is -2.07. The minimum Gasteiger partial charge on any atom is -0.464 e. The van der Waals surface area contributed by atoms with Crippen LogP contribution >= 0.6 is 0 Å². The highest BCUT2D eigenvalue weighted by Crippen LogP contribution is 2.17. The van der Waals surface area contributed by atoms with Crippen molar-refractivity contribution in [3.8, 4) is 0 Å². The first-order valence-electron chi connectivity index (χ1n) is 2.00. The third-order valence-electron chi connectivity index (χ3n) is 0.642. The van der Waals surface area contributed by atoms with Crippen LogP contribution in [0.3, 0.4) is 0 Å². The highest BCUT2D eigenvalue weighted by atomic mass is 32.2. The Kier molecular flexibility index (Phi) is 2.85. The minimum atomic E-state index is -4.32. The van der Waals surface area contributed by atoms with E-state index in [1.165, 1.54) is 0 Å². The molecule has 0 saturated heterocycles. The molecule has 0 aliphatic heterocycles. The zero-order chi connectivity index (χ0) is 8.36. The number of methoxy groups -OCH3 is 1. The van der Waals surface area contributed by atoms with Gasteiger partial charge in [-0.3, -0.25) is 0 Å². The van der Waals surface area contributed by atoms with E-state index in [-0.39, 0.29) is 0 Å². The molecule has 1 N–H and O–H groups in total. The molecule has 0 aliphatic rings. The van der Waals surface area contributed by atoms with Crippen LogP contribution in [0.25, 0.3) is 0 Å². The maximum absolute atomic E-state index is 11.9. The molecule has 0 rings (SSSR count). The van der Waals surface area contributed by atoms with Crippen LogP contribution in [0.15, 0.2) is 0 Å². The van der Waals surface area contributed by atoms with Crippen molar-refractivity contribution in [3.63, 3.8) is 0 Å². The Labute approximate surface area is 57.5 Å². The van der Waals surface area contributed by atoms with Crippen LogP contribution in [0.4, 0.5) is 8.78 Å². The van der Waals surface area contributed by atoms with Crippen LogP contribution in [0.1, 0.15) is 0 Å². The predicted molar refractivity (Wildman–Crippen MR) is 27.7 cm³/mol. The monoisotopic (exact) mass is 174 g/mol. The number of hydrogen-bond donors (Lipinski definition) is 1. The highest BCUT2D eigenvalue weighted by Gasteiger charge is 2.47. The van der Waals surface area contributed by atoms with Crippen LogP contribution in [0, 0.1) is 0 Å². The van der Waals surface area contributed by atoms with Gasteiger partial charge in [0.2, 0.25) is 11.1 Å². The lowest BCUT2D eigenvalue weighted by Crippen LogP contribution is -2.34. The molecule has 4 nitrogen and oxygen atoms in total. The second-order valence-corrected chi connectivity index (χ2v) is 2.27. The molecule has 0 spiro atoms. The first kappa shape index (κ1) is 9.44. The van der Waals surface area contributed by atoms with Gasteiger partial charge in [0.1, 0.15) is 0 Å². The first-order chi connectivity index (χ1) is 4.42. The first-order valence-corrected chi connectivity index (χ1v) is 3.10. The molecule has 0 bridgehead atoms. The van der Waals surface area contributed by atoms with Gasteiger partial charge in [0.05, 0.1) is 7.11 Å². The van der Waals surface area contributed by atoms with Crippen molar-refractivity contribution in [2.75, 3.05) is 7.11 Å². The number of carbonyl (C=O) groups excluding carboxylic acids is 1. The quantitative estimate of drug-likeness (QED) is 0.471. The van der Waals surface area contributed by atoms with E-state index in [9.17, 15) is 17.8 Å². The van der Waals surface area contributed by atoms with Crippen LogP contribution in [-0.4, -0.2) is 27.1 Å². The van der Waals surface area contributed by atoms with Crippen molar-refractivity contribution in [1.82, 2.24) is 0 Å². The molecule has 0 amide bonds. The maximum Gasteiger partial charge on any atom is 0.439 e. The SMILES string of the molecule is COC(=O)C(F)(F)S(=O)O. The Morgan fingerprint density at radius 2 is 2.10 bits per heavy atom. The fourth-order valence-corrected chi connectivity index (χ4v) is 0.416. The minimum absolute atomic E-state index is 0.698. The normalized spacial score (nSPS) is 14.4. The molecule has 0 fully saturated rings. The Bertz CT molecular complexity index is 168. The lowest BCUT2D eigenvalue weighted by molar-refractivity contribution is -0.157. The van der Waals surface area contributed by atoms with Crippen LogP contribution < -0.4 is 0 Å². The smallest absolute Gasteiger partial charge is 0.439 e. The second kappa shape index (κ2) is 3.02. The number of esters is 1. The van der Waals surface area contributed by atoms with Crippen molar-refractivity contribution < 1.29 is 27.1 Å². The number of ether oxygens (including phenoxy) is 1. The molecule has 0 aromatic rings. The summed E-state index contributed by atoms with van der Waals surface area (Å²) < 4.78 is 44.9. The van der Waals surface area contributed by atoms with E-state index in [1.807, 2.05) is 0 Å². The summed E-state index contributed by atoms with van der Waals surface area (Å²) in [6.45, 7) is 0. The summed E-state index contributed by atoms with van der Waals surface area (Å²) in [4.78, 5) is 9.95. The molecule has 0 aromatic carbocycles. The number of rotatable bonds is 2. The Hall–Kier alpha value is -0.560. The average Bonchev–Trinajstić information content (AvgIpc) is 1.86. The molecule has 60 valence electrons. The third-order valence-corrected chi connectivity index (χ3v) is 1.25. The standard InChI is InChI=1S/C3H4F2O4S/c1-9-2(6)3(4,5)10(7)8/h1H3,(H,7,8). The van der Waals surface area contributed by atoms with Gasteiger partial charge in [0, 0.05) is 0 Å². The topological polar surface area (TPSA) is 63.6 Å². The zero-order valence-electron chi connectivity index (χ0n) is 4.84. The number of alkyl halides is 2. The summed E-state index contributed by atoms with van der Waals surface area (Å²) in [5.41, 5.74) is 0. The second-order valence-electron chi connectivity index (χ2n) is 1.26. The summed E-state index contributed by atoms with van der Waals surface area (Å²) in [5.74, 6) is -2.02. The molecular formula is C3H4F2O4S. The fraction of sp³-hybridized carbons (Fsp3) is 0.667. The van der Waals surface area contributed by atoms with Gasteiger partial charge in [0.25, 0.3) is 0 Å². The molecular weight excluding hydrogens is 170 g/mol. The van der Waals surface area contributed by atoms with Crippen molar-refractivity contribution in [2.45, 2.75) is 5.25 Å². The molecule has 0 aliphatic carbocycles. The number of halogens is 2. The van der Waals surface area contributed by atoms with Gasteiger partial charge in [-0.15, -0.1) is 0 Å². The van der Waals surface area contributed by atoms with E-state index in [4.69, 9.17) is 4.55 Å². The lowest BCUT2D eigenvalue weighted by atomic mass is 10.7. The molecule has 1 unspecified atom stereocenters. The zero-order valence-corrected chi connectivity index (χ0v) is 5.65. The van der Waals surface area contributed by atoms with Gasteiger partial charge in [0.15, 0.2) is 0 Å². The maximum atomic E-state index is 11.9. The Morgan fingerprint density at radius 1 is 1.70 bits per heavy atom. The number of hydrogen-bond acceptors (Lipinski definition) is 3. The average molecular weight is 174 g/mol. The molecule has 0 heterocycles. The molecule has 0 radical (unpaired) electrons. The van der Waals surface area contributed by atoms with Crippen LogP contribution in [0.2, 0.25) is 0 Å². The third kappa shape index (κ3) is 1.71. The van der Waals surface area contributed by atoms with Crippen molar-refractivity contribution in [2.24, 2.45) is 0 Å². The summed E-state index contributed by atoms with van der Waals surface area (Å²) in [7, 11) is 0.698. The van der Waals surface area contributed by atoms with Crippen LogP contribution in [0.5, 0.6) is 0 Å². The number of carbonyl (C=O) groups is 1. The summed E-state index contributed by atoms with van der Waals surface area (Å²) in [6.07, 6.45) is 0. The molecule has 0 saturated carbocycles. The largest absolute Gasteiger partial charge is 0.464 e. The Balaban J connectivity index is 4.40. The van der Waals surface area contributed by atoms with E-state index in [2.05, 4.69) is 4.74 Å². The summed E-state index contributed by atoms with van der Waals surface area (Å²) in [6, 6.07) is 0. The van der Waals surface area contributed by atoms with Gasteiger partial charge in [-0.1, -0.05) is 0 Å². The van der Waals surface area contributed by atoms with Crippen molar-refractivity contribution >= 4 is 17.0 Å². The molecule has 0 aromatic heterocycles. The van der Waals surface area contributed by atoms with E-state index in [0.29, 0.717) is 7.11 Å². The predicted octanol–water partition coefficient (Wildman–Crippen LogP) is -0.0261. The van der Waals surface area contributed by atoms with Crippen molar-refractivity contribution in [1.29, 1.82) is 0 Å². The van der Waals surface area contributed by atoms with Crippen LogP contribution in [-0.2, 0) is 20.6 Å². The van der Waals surface area contributed by atoms with E-state index >= 15 is 0 Å². The summed E-state index contributed by atoms with van der Waals surface area (Å²) in [5, 5.41) is -4.32. The van der Waals surface area contributed by atoms with E-state index in [0.717, 1.165) is 0 Å². The molecule has 1 atom stereocenters. The van der Waals surface area contributed by atoms with Gasteiger partial charge < -0.3 is 9.29 Å². The van der Waals surface area contributed by atoms with Gasteiger partial charge in [-0.2, -0.15) is 8.78 Å².